The van der Waals surface area contributed by atoms with Crippen molar-refractivity contribution in [2.24, 2.45) is 5.10 Å². The summed E-state index contributed by atoms with van der Waals surface area (Å²) in [6.07, 6.45) is 0.600. The number of amides is 2. The van der Waals surface area contributed by atoms with Crippen molar-refractivity contribution in [1.82, 2.24) is 9.91 Å². The van der Waals surface area contributed by atoms with Crippen LogP contribution in [0.4, 0.5) is 0 Å². The lowest BCUT2D eigenvalue weighted by molar-refractivity contribution is -0.144. The fourth-order valence-corrected chi connectivity index (χ4v) is 4.08. The first-order valence-electron chi connectivity index (χ1n) is 9.90. The molecule has 1 aromatic heterocycles. The maximum atomic E-state index is 13.3. The first-order chi connectivity index (χ1) is 15.1. The van der Waals surface area contributed by atoms with Gasteiger partial charge in [-0.05, 0) is 29.1 Å². The van der Waals surface area contributed by atoms with Crippen molar-refractivity contribution in [3.05, 3.63) is 52.2 Å². The van der Waals surface area contributed by atoms with Gasteiger partial charge in [0.05, 0.1) is 30.3 Å². The van der Waals surface area contributed by atoms with E-state index < -0.39 is 0 Å². The predicted octanol–water partition coefficient (Wildman–Crippen LogP) is 2.56. The summed E-state index contributed by atoms with van der Waals surface area (Å²) in [5.74, 6) is 0.221. The molecule has 0 aliphatic carbocycles. The Labute approximate surface area is 186 Å². The molecule has 2 heterocycles. The molecular formula is C22H27N3O5S. The third-order valence-electron chi connectivity index (χ3n) is 4.98. The highest BCUT2D eigenvalue weighted by molar-refractivity contribution is 7.12. The van der Waals surface area contributed by atoms with Crippen LogP contribution in [-0.4, -0.2) is 75.1 Å². The number of methoxy groups -OCH3 is 3. The number of ether oxygens (including phenoxy) is 3. The molecule has 8 nitrogen and oxygen atoms in total. The fourth-order valence-electron chi connectivity index (χ4n) is 3.36. The van der Waals surface area contributed by atoms with E-state index in [4.69, 9.17) is 14.2 Å². The number of nitrogens with zero attached hydrogens (tertiary/aromatic N) is 3. The van der Waals surface area contributed by atoms with Crippen molar-refractivity contribution >= 4 is 28.9 Å². The van der Waals surface area contributed by atoms with Gasteiger partial charge in [-0.1, -0.05) is 18.2 Å². The van der Waals surface area contributed by atoms with Gasteiger partial charge in [0, 0.05) is 27.2 Å². The van der Waals surface area contributed by atoms with Crippen molar-refractivity contribution in [1.29, 1.82) is 0 Å². The fraction of sp³-hybridized carbons (Fsp3) is 0.409. The minimum absolute atomic E-state index is 0.0946. The average molecular weight is 446 g/mol. The molecule has 1 aromatic carbocycles. The molecule has 166 valence electrons. The number of hydrogen-bond acceptors (Lipinski definition) is 7. The van der Waals surface area contributed by atoms with E-state index in [1.165, 1.54) is 17.0 Å². The first kappa shape index (κ1) is 22.9. The maximum absolute atomic E-state index is 13.3. The third kappa shape index (κ3) is 5.69. The highest BCUT2D eigenvalue weighted by Gasteiger charge is 2.34. The molecule has 9 heteroatoms. The quantitative estimate of drug-likeness (QED) is 0.562. The molecule has 0 saturated heterocycles. The molecule has 31 heavy (non-hydrogen) atoms. The minimum Gasteiger partial charge on any atom is -0.497 e. The molecule has 3 rings (SSSR count). The Morgan fingerprint density at radius 3 is 2.55 bits per heavy atom. The zero-order valence-corrected chi connectivity index (χ0v) is 18.8. The van der Waals surface area contributed by atoms with E-state index in [-0.39, 0.29) is 31.0 Å². The Morgan fingerprint density at radius 1 is 1.16 bits per heavy atom. The van der Waals surface area contributed by atoms with Crippen molar-refractivity contribution in [2.75, 3.05) is 47.6 Å². The lowest BCUT2D eigenvalue weighted by Crippen LogP contribution is -2.44. The van der Waals surface area contributed by atoms with E-state index in [1.807, 2.05) is 41.8 Å². The van der Waals surface area contributed by atoms with Crippen LogP contribution in [0.2, 0.25) is 0 Å². The predicted molar refractivity (Wildman–Crippen MR) is 118 cm³/mol. The Bertz CT molecular complexity index is 898. The van der Waals surface area contributed by atoms with Gasteiger partial charge in [-0.25, -0.2) is 5.01 Å². The number of hydrogen-bond donors (Lipinski definition) is 0. The molecule has 1 aliphatic heterocycles. The number of carbonyl (C=O) groups excluding carboxylic acids is 2. The molecule has 0 bridgehead atoms. The minimum atomic E-state index is -0.268. The Morgan fingerprint density at radius 2 is 1.94 bits per heavy atom. The molecule has 0 fully saturated rings. The second-order valence-electron chi connectivity index (χ2n) is 7.00. The zero-order chi connectivity index (χ0) is 22.2. The van der Waals surface area contributed by atoms with Gasteiger partial charge in [-0.2, -0.15) is 5.10 Å². The highest BCUT2D eigenvalue weighted by Crippen LogP contribution is 2.34. The number of benzene rings is 1. The molecule has 0 spiro atoms. The molecule has 2 amide bonds. The topological polar surface area (TPSA) is 80.7 Å². The number of rotatable bonds is 10. The lowest BCUT2D eigenvalue weighted by Gasteiger charge is -2.27. The Kier molecular flexibility index (Phi) is 8.16. The SMILES string of the molecule is COCCN(CC(=O)N1N=C(c2cccs2)CC1c1ccc(OC)cc1)C(=O)COC. The molecule has 1 atom stereocenters. The monoisotopic (exact) mass is 445 g/mol. The van der Waals surface area contributed by atoms with Crippen LogP contribution < -0.4 is 4.74 Å². The summed E-state index contributed by atoms with van der Waals surface area (Å²) >= 11 is 1.59. The van der Waals surface area contributed by atoms with E-state index in [9.17, 15) is 9.59 Å². The van der Waals surface area contributed by atoms with Crippen molar-refractivity contribution in [3.8, 4) is 5.75 Å². The Hall–Kier alpha value is -2.75. The van der Waals surface area contributed by atoms with Crippen LogP contribution in [-0.2, 0) is 19.1 Å². The normalized spacial score (nSPS) is 15.6. The second-order valence-corrected chi connectivity index (χ2v) is 7.94. The number of hydrazone groups is 1. The van der Waals surface area contributed by atoms with E-state index >= 15 is 0 Å². The molecule has 2 aromatic rings. The smallest absolute Gasteiger partial charge is 0.262 e. The lowest BCUT2D eigenvalue weighted by atomic mass is 10.0. The summed E-state index contributed by atoms with van der Waals surface area (Å²) in [5.41, 5.74) is 1.81. The van der Waals surface area contributed by atoms with E-state index in [2.05, 4.69) is 5.10 Å². The molecular weight excluding hydrogens is 418 g/mol. The van der Waals surface area contributed by atoms with Gasteiger partial charge in [0.2, 0.25) is 5.91 Å². The van der Waals surface area contributed by atoms with Crippen LogP contribution in [0.15, 0.2) is 46.9 Å². The Balaban J connectivity index is 1.84. The standard InChI is InChI=1S/C22H27N3O5S/c1-28-11-10-24(22(27)15-29-2)14-21(26)25-19(16-6-8-17(30-3)9-7-16)13-18(23-25)20-5-4-12-31-20/h4-9,12,19H,10-11,13-15H2,1-3H3. The van der Waals surface area contributed by atoms with Crippen molar-refractivity contribution < 1.29 is 23.8 Å². The van der Waals surface area contributed by atoms with Crippen LogP contribution in [0.5, 0.6) is 5.75 Å². The summed E-state index contributed by atoms with van der Waals surface area (Å²) in [7, 11) is 4.62. The van der Waals surface area contributed by atoms with E-state index in [0.29, 0.717) is 19.6 Å². The van der Waals surface area contributed by atoms with Crippen LogP contribution >= 0.6 is 11.3 Å². The summed E-state index contributed by atoms with van der Waals surface area (Å²) in [6.45, 7) is 0.434. The second kappa shape index (κ2) is 11.0. The number of thiophene rings is 1. The van der Waals surface area contributed by atoms with E-state index in [1.54, 1.807) is 25.6 Å². The van der Waals surface area contributed by atoms with Crippen LogP contribution in [0.25, 0.3) is 0 Å². The highest BCUT2D eigenvalue weighted by atomic mass is 32.1. The van der Waals surface area contributed by atoms with Crippen LogP contribution in [0.1, 0.15) is 22.9 Å². The van der Waals surface area contributed by atoms with Gasteiger partial charge in [0.1, 0.15) is 18.9 Å². The third-order valence-corrected chi connectivity index (χ3v) is 5.90. The molecule has 1 unspecified atom stereocenters. The van der Waals surface area contributed by atoms with Gasteiger partial charge in [-0.3, -0.25) is 9.59 Å². The summed E-state index contributed by atoms with van der Waals surface area (Å²) in [6, 6.07) is 11.3. The van der Waals surface area contributed by atoms with Crippen molar-refractivity contribution in [2.45, 2.75) is 12.5 Å². The van der Waals surface area contributed by atoms with Crippen LogP contribution in [0, 0.1) is 0 Å². The van der Waals surface area contributed by atoms with Gasteiger partial charge < -0.3 is 19.1 Å². The van der Waals surface area contributed by atoms with Gasteiger partial charge in [0.25, 0.3) is 5.91 Å². The summed E-state index contributed by atoms with van der Waals surface area (Å²) in [5, 5.41) is 8.13. The molecule has 0 saturated carbocycles. The molecule has 1 aliphatic rings. The summed E-state index contributed by atoms with van der Waals surface area (Å²) < 4.78 is 15.3. The average Bonchev–Trinajstić information content (AvgIpc) is 3.46. The van der Waals surface area contributed by atoms with Gasteiger partial charge in [0.15, 0.2) is 0 Å². The zero-order valence-electron chi connectivity index (χ0n) is 17.9. The van der Waals surface area contributed by atoms with Crippen LogP contribution in [0.3, 0.4) is 0 Å². The first-order valence-corrected chi connectivity index (χ1v) is 10.8. The maximum Gasteiger partial charge on any atom is 0.262 e. The molecule has 0 N–H and O–H groups in total. The largest absolute Gasteiger partial charge is 0.497 e. The van der Waals surface area contributed by atoms with E-state index in [0.717, 1.165) is 21.9 Å². The molecule has 0 radical (unpaired) electrons. The number of carbonyl (C=O) groups is 2. The summed E-state index contributed by atoms with van der Waals surface area (Å²) in [4.78, 5) is 28.1. The van der Waals surface area contributed by atoms with Gasteiger partial charge in [-0.15, -0.1) is 11.3 Å². The van der Waals surface area contributed by atoms with Crippen molar-refractivity contribution in [3.63, 3.8) is 0 Å². The van der Waals surface area contributed by atoms with Gasteiger partial charge >= 0.3 is 0 Å².